The number of carbonyl (C=O) groups excluding carboxylic acids is 2. The SMILES string of the molecule is CCC(=O)Nc1ccc(C(=O)Nc2ccc(S(=O)(=O)N3CCCC(C)C3)cc2)cc1. The molecule has 3 rings (SSSR count). The molecule has 1 fully saturated rings. The highest BCUT2D eigenvalue weighted by Gasteiger charge is 2.28. The minimum absolute atomic E-state index is 0.0961. The van der Waals surface area contributed by atoms with Gasteiger partial charge in [0.1, 0.15) is 0 Å². The van der Waals surface area contributed by atoms with Crippen LogP contribution in [0.15, 0.2) is 53.4 Å². The first-order valence-corrected chi connectivity index (χ1v) is 11.5. The first-order valence-electron chi connectivity index (χ1n) is 10.1. The molecule has 2 aromatic carbocycles. The van der Waals surface area contributed by atoms with E-state index in [0.29, 0.717) is 42.4 Å². The molecule has 1 atom stereocenters. The number of nitrogens with one attached hydrogen (secondary N) is 2. The van der Waals surface area contributed by atoms with Crippen molar-refractivity contribution in [2.24, 2.45) is 5.92 Å². The van der Waals surface area contributed by atoms with Crippen molar-refractivity contribution in [1.82, 2.24) is 4.31 Å². The van der Waals surface area contributed by atoms with Crippen LogP contribution in [0.5, 0.6) is 0 Å². The van der Waals surface area contributed by atoms with Crippen LogP contribution in [-0.4, -0.2) is 37.6 Å². The van der Waals surface area contributed by atoms with Gasteiger partial charge in [0.2, 0.25) is 15.9 Å². The number of amides is 2. The van der Waals surface area contributed by atoms with Crippen molar-refractivity contribution in [1.29, 1.82) is 0 Å². The summed E-state index contributed by atoms with van der Waals surface area (Å²) < 4.78 is 27.2. The average Bonchev–Trinajstić information content (AvgIpc) is 2.74. The largest absolute Gasteiger partial charge is 0.326 e. The summed E-state index contributed by atoms with van der Waals surface area (Å²) in [7, 11) is -3.52. The number of hydrogen-bond acceptors (Lipinski definition) is 4. The quantitative estimate of drug-likeness (QED) is 0.732. The van der Waals surface area contributed by atoms with E-state index in [4.69, 9.17) is 0 Å². The molecule has 160 valence electrons. The molecular weight excluding hydrogens is 402 g/mol. The number of benzene rings is 2. The highest BCUT2D eigenvalue weighted by atomic mass is 32.2. The molecule has 0 radical (unpaired) electrons. The second-order valence-corrected chi connectivity index (χ2v) is 9.51. The first-order chi connectivity index (χ1) is 14.3. The molecule has 1 aliphatic heterocycles. The fraction of sp³-hybridized carbons (Fsp3) is 0.364. The molecule has 0 saturated carbocycles. The number of nitrogens with zero attached hydrogens (tertiary/aromatic N) is 1. The molecule has 1 heterocycles. The predicted molar refractivity (Wildman–Crippen MR) is 117 cm³/mol. The molecule has 2 amide bonds. The molecule has 0 spiro atoms. The first kappa shape index (κ1) is 22.0. The van der Waals surface area contributed by atoms with Crippen molar-refractivity contribution in [3.63, 3.8) is 0 Å². The molecular formula is C22H27N3O4S. The Bertz CT molecular complexity index is 1000. The Morgan fingerprint density at radius 2 is 1.60 bits per heavy atom. The average molecular weight is 430 g/mol. The molecule has 2 N–H and O–H groups in total. The van der Waals surface area contributed by atoms with E-state index >= 15 is 0 Å². The van der Waals surface area contributed by atoms with E-state index in [0.717, 1.165) is 12.8 Å². The zero-order valence-corrected chi connectivity index (χ0v) is 18.0. The summed E-state index contributed by atoms with van der Waals surface area (Å²) in [5.41, 5.74) is 1.57. The summed E-state index contributed by atoms with van der Waals surface area (Å²) in [6.45, 7) is 4.90. The van der Waals surface area contributed by atoms with E-state index in [-0.39, 0.29) is 16.7 Å². The van der Waals surface area contributed by atoms with Crippen LogP contribution in [0.1, 0.15) is 43.5 Å². The molecule has 7 nitrogen and oxygen atoms in total. The Morgan fingerprint density at radius 3 is 2.20 bits per heavy atom. The van der Waals surface area contributed by atoms with E-state index in [1.54, 1.807) is 43.3 Å². The molecule has 8 heteroatoms. The van der Waals surface area contributed by atoms with Gasteiger partial charge in [0.15, 0.2) is 0 Å². The summed E-state index contributed by atoms with van der Waals surface area (Å²) in [5.74, 6) is -0.0566. The van der Waals surface area contributed by atoms with Gasteiger partial charge in [-0.3, -0.25) is 9.59 Å². The predicted octanol–water partition coefficient (Wildman–Crippen LogP) is 3.71. The molecule has 1 saturated heterocycles. The van der Waals surface area contributed by atoms with Gasteiger partial charge in [0.05, 0.1) is 4.90 Å². The van der Waals surface area contributed by atoms with Gasteiger partial charge in [-0.25, -0.2) is 8.42 Å². The van der Waals surface area contributed by atoms with Gasteiger partial charge in [-0.2, -0.15) is 4.31 Å². The van der Waals surface area contributed by atoms with Crippen LogP contribution in [0.25, 0.3) is 0 Å². The summed E-state index contributed by atoms with van der Waals surface area (Å²) in [6.07, 6.45) is 2.29. The number of hydrogen-bond donors (Lipinski definition) is 2. The Labute approximate surface area is 177 Å². The lowest BCUT2D eigenvalue weighted by Crippen LogP contribution is -2.39. The summed E-state index contributed by atoms with van der Waals surface area (Å²) in [6, 6.07) is 12.8. The molecule has 30 heavy (non-hydrogen) atoms. The third-order valence-electron chi connectivity index (χ3n) is 5.12. The van der Waals surface area contributed by atoms with Crippen LogP contribution in [-0.2, 0) is 14.8 Å². The minimum Gasteiger partial charge on any atom is -0.326 e. The van der Waals surface area contributed by atoms with Crippen molar-refractivity contribution in [3.8, 4) is 0 Å². The van der Waals surface area contributed by atoms with Gasteiger partial charge >= 0.3 is 0 Å². The Kier molecular flexibility index (Phi) is 6.89. The van der Waals surface area contributed by atoms with Crippen molar-refractivity contribution < 1.29 is 18.0 Å². The fourth-order valence-electron chi connectivity index (χ4n) is 3.38. The summed E-state index contributed by atoms with van der Waals surface area (Å²) in [5, 5.41) is 5.49. The highest BCUT2D eigenvalue weighted by molar-refractivity contribution is 7.89. The third kappa shape index (κ3) is 5.25. The third-order valence-corrected chi connectivity index (χ3v) is 7.00. The number of sulfonamides is 1. The van der Waals surface area contributed by atoms with Crippen LogP contribution in [0.4, 0.5) is 11.4 Å². The van der Waals surface area contributed by atoms with Crippen LogP contribution >= 0.6 is 0 Å². The van der Waals surface area contributed by atoms with Gasteiger partial charge in [-0.1, -0.05) is 13.8 Å². The topological polar surface area (TPSA) is 95.6 Å². The van der Waals surface area contributed by atoms with Crippen LogP contribution in [0.2, 0.25) is 0 Å². The smallest absolute Gasteiger partial charge is 0.255 e. The van der Waals surface area contributed by atoms with Crippen LogP contribution < -0.4 is 10.6 Å². The van der Waals surface area contributed by atoms with E-state index in [1.807, 2.05) is 0 Å². The van der Waals surface area contributed by atoms with Gasteiger partial charge in [-0.15, -0.1) is 0 Å². The van der Waals surface area contributed by atoms with Crippen molar-refractivity contribution in [3.05, 3.63) is 54.1 Å². The van der Waals surface area contributed by atoms with E-state index in [9.17, 15) is 18.0 Å². The minimum atomic E-state index is -3.52. The Morgan fingerprint density at radius 1 is 1.00 bits per heavy atom. The molecule has 0 aromatic heterocycles. The standard InChI is InChI=1S/C22H27N3O4S/c1-3-21(26)23-18-8-6-17(7-9-18)22(27)24-19-10-12-20(13-11-19)30(28,29)25-14-4-5-16(2)15-25/h6-13,16H,3-5,14-15H2,1-2H3,(H,23,26)(H,24,27). The second kappa shape index (κ2) is 9.40. The van der Waals surface area contributed by atoms with Crippen molar-refractivity contribution >= 4 is 33.2 Å². The second-order valence-electron chi connectivity index (χ2n) is 7.57. The summed E-state index contributed by atoms with van der Waals surface area (Å²) in [4.78, 5) is 24.1. The molecule has 1 unspecified atom stereocenters. The van der Waals surface area contributed by atoms with E-state index < -0.39 is 10.0 Å². The lowest BCUT2D eigenvalue weighted by atomic mass is 10.0. The molecule has 1 aliphatic rings. The summed E-state index contributed by atoms with van der Waals surface area (Å²) >= 11 is 0. The zero-order valence-electron chi connectivity index (χ0n) is 17.2. The lowest BCUT2D eigenvalue weighted by molar-refractivity contribution is -0.115. The van der Waals surface area contributed by atoms with E-state index in [2.05, 4.69) is 17.6 Å². The van der Waals surface area contributed by atoms with Gasteiger partial charge in [0, 0.05) is 36.4 Å². The molecule has 2 aromatic rings. The maximum absolute atomic E-state index is 12.8. The fourth-order valence-corrected chi connectivity index (χ4v) is 4.98. The van der Waals surface area contributed by atoms with E-state index in [1.165, 1.54) is 16.4 Å². The number of carbonyl (C=O) groups is 2. The lowest BCUT2D eigenvalue weighted by Gasteiger charge is -2.30. The van der Waals surface area contributed by atoms with Crippen molar-refractivity contribution in [2.45, 2.75) is 38.0 Å². The highest BCUT2D eigenvalue weighted by Crippen LogP contribution is 2.24. The van der Waals surface area contributed by atoms with Crippen LogP contribution in [0.3, 0.4) is 0 Å². The van der Waals surface area contributed by atoms with Crippen LogP contribution in [0, 0.1) is 5.92 Å². The number of rotatable bonds is 6. The Hall–Kier alpha value is -2.71. The molecule has 0 aliphatic carbocycles. The number of piperidine rings is 1. The normalized spacial score (nSPS) is 17.3. The van der Waals surface area contributed by atoms with Crippen molar-refractivity contribution in [2.75, 3.05) is 23.7 Å². The molecule has 0 bridgehead atoms. The number of anilines is 2. The maximum Gasteiger partial charge on any atom is 0.255 e. The van der Waals surface area contributed by atoms with Gasteiger partial charge < -0.3 is 10.6 Å². The monoisotopic (exact) mass is 429 g/mol. The zero-order chi connectivity index (χ0) is 21.7. The Balaban J connectivity index is 1.65. The van der Waals surface area contributed by atoms with Gasteiger partial charge in [0.25, 0.3) is 5.91 Å². The maximum atomic E-state index is 12.8. The van der Waals surface area contributed by atoms with Gasteiger partial charge in [-0.05, 0) is 67.3 Å².